The molecular formula is C29H32N2O5S. The maximum absolute atomic E-state index is 12.2. The number of nitrogens with zero attached hydrogens (tertiary/aromatic N) is 1. The van der Waals surface area contributed by atoms with Crippen molar-refractivity contribution in [3.05, 3.63) is 71.8 Å². The molecule has 3 aromatic rings. The number of hydrogen-bond donors (Lipinski definition) is 1. The zero-order valence-electron chi connectivity index (χ0n) is 21.8. The molecule has 0 aromatic heterocycles. The Bertz CT molecular complexity index is 1490. The smallest absolute Gasteiger partial charge is 0.309 e. The monoisotopic (exact) mass is 520 g/mol. The standard InChI is InChI=1S/C29H32N2O5S/c1-6-15-37(32,33)36-19-11-12-21(27(16-19)35-5)20-13-14-23-28-22(20)18-31(25(28)17-29(2,3)30-23)24-9-7-8-10-26(24)34-4/h7-14,16-17,30H,6,15,18H2,1-5H3. The first-order valence-corrected chi connectivity index (χ1v) is 13.9. The lowest BCUT2D eigenvalue weighted by Crippen LogP contribution is -2.33. The van der Waals surface area contributed by atoms with Gasteiger partial charge in [0.1, 0.15) is 17.2 Å². The average molecular weight is 521 g/mol. The van der Waals surface area contributed by atoms with E-state index in [9.17, 15) is 8.42 Å². The van der Waals surface area contributed by atoms with Gasteiger partial charge in [-0.3, -0.25) is 0 Å². The van der Waals surface area contributed by atoms with Crippen molar-refractivity contribution in [1.29, 1.82) is 0 Å². The van der Waals surface area contributed by atoms with Gasteiger partial charge in [-0.2, -0.15) is 8.42 Å². The molecule has 7 nitrogen and oxygen atoms in total. The van der Waals surface area contributed by atoms with Gasteiger partial charge in [-0.25, -0.2) is 0 Å². The summed E-state index contributed by atoms with van der Waals surface area (Å²) >= 11 is 0. The Morgan fingerprint density at radius 2 is 1.70 bits per heavy atom. The summed E-state index contributed by atoms with van der Waals surface area (Å²) in [5.74, 6) is 1.56. The van der Waals surface area contributed by atoms with Gasteiger partial charge >= 0.3 is 10.1 Å². The highest BCUT2D eigenvalue weighted by Gasteiger charge is 2.37. The fourth-order valence-corrected chi connectivity index (χ4v) is 6.15. The lowest BCUT2D eigenvalue weighted by atomic mass is 9.89. The van der Waals surface area contributed by atoms with Crippen molar-refractivity contribution in [2.24, 2.45) is 0 Å². The Kier molecular flexibility index (Phi) is 6.31. The molecule has 2 heterocycles. The van der Waals surface area contributed by atoms with E-state index in [2.05, 4.69) is 48.3 Å². The van der Waals surface area contributed by atoms with Crippen LogP contribution in [0.25, 0.3) is 16.8 Å². The molecule has 0 atom stereocenters. The first kappa shape index (κ1) is 25.0. The SMILES string of the molecule is CCCS(=O)(=O)Oc1ccc(-c2ccc3c4c2CN(c2ccccc2OC)C4=CC(C)(C)N3)c(OC)c1. The highest BCUT2D eigenvalue weighted by molar-refractivity contribution is 7.87. The van der Waals surface area contributed by atoms with Gasteiger partial charge in [0.25, 0.3) is 0 Å². The van der Waals surface area contributed by atoms with Crippen molar-refractivity contribution in [1.82, 2.24) is 0 Å². The number of anilines is 2. The average Bonchev–Trinajstić information content (AvgIpc) is 3.23. The minimum atomic E-state index is -3.65. The highest BCUT2D eigenvalue weighted by Crippen LogP contribution is 2.51. The number of ether oxygens (including phenoxy) is 2. The molecule has 3 aromatic carbocycles. The fraction of sp³-hybridized carbons (Fsp3) is 0.310. The van der Waals surface area contributed by atoms with Crippen molar-refractivity contribution >= 4 is 27.2 Å². The van der Waals surface area contributed by atoms with Crippen LogP contribution in [0.2, 0.25) is 0 Å². The molecule has 37 heavy (non-hydrogen) atoms. The van der Waals surface area contributed by atoms with Crippen LogP contribution in [0, 0.1) is 0 Å². The number of hydrogen-bond acceptors (Lipinski definition) is 7. The van der Waals surface area contributed by atoms with Crippen LogP contribution >= 0.6 is 0 Å². The van der Waals surface area contributed by atoms with Gasteiger partial charge in [-0.1, -0.05) is 25.1 Å². The second-order valence-corrected chi connectivity index (χ2v) is 11.5. The van der Waals surface area contributed by atoms with Crippen molar-refractivity contribution in [3.8, 4) is 28.4 Å². The number of benzene rings is 3. The summed E-state index contributed by atoms with van der Waals surface area (Å²) in [6.45, 7) is 6.76. The van der Waals surface area contributed by atoms with Crippen LogP contribution in [-0.4, -0.2) is 33.9 Å². The van der Waals surface area contributed by atoms with E-state index in [0.717, 1.165) is 45.1 Å². The van der Waals surface area contributed by atoms with Gasteiger partial charge in [-0.05, 0) is 67.8 Å². The third kappa shape index (κ3) is 4.62. The Hall–Kier alpha value is -3.65. The number of methoxy groups -OCH3 is 2. The van der Waals surface area contributed by atoms with Crippen LogP contribution in [0.3, 0.4) is 0 Å². The van der Waals surface area contributed by atoms with E-state index in [4.69, 9.17) is 13.7 Å². The molecule has 2 aliphatic rings. The van der Waals surface area contributed by atoms with Crippen LogP contribution in [-0.2, 0) is 16.7 Å². The summed E-state index contributed by atoms with van der Waals surface area (Å²) in [6, 6.07) is 17.4. The first-order chi connectivity index (χ1) is 17.7. The van der Waals surface area contributed by atoms with Crippen LogP contribution in [0.1, 0.15) is 38.3 Å². The summed E-state index contributed by atoms with van der Waals surface area (Å²) < 4.78 is 41.1. The van der Waals surface area contributed by atoms with Crippen LogP contribution < -0.4 is 23.9 Å². The molecular weight excluding hydrogens is 488 g/mol. The summed E-state index contributed by atoms with van der Waals surface area (Å²) in [6.07, 6.45) is 2.74. The molecule has 1 N–H and O–H groups in total. The third-order valence-electron chi connectivity index (χ3n) is 6.65. The van der Waals surface area contributed by atoms with E-state index in [1.54, 1.807) is 33.3 Å². The predicted molar refractivity (Wildman–Crippen MR) is 148 cm³/mol. The molecule has 0 spiro atoms. The van der Waals surface area contributed by atoms with Crippen molar-refractivity contribution in [2.45, 2.75) is 39.3 Å². The minimum absolute atomic E-state index is 0.0384. The first-order valence-electron chi connectivity index (χ1n) is 12.3. The molecule has 194 valence electrons. The Labute approximate surface area is 218 Å². The second-order valence-electron chi connectivity index (χ2n) is 9.86. The Balaban J connectivity index is 1.63. The number of para-hydroxylation sites is 2. The molecule has 2 aliphatic heterocycles. The lowest BCUT2D eigenvalue weighted by molar-refractivity contribution is 0.413. The number of nitrogens with one attached hydrogen (secondary N) is 1. The minimum Gasteiger partial charge on any atom is -0.496 e. The van der Waals surface area contributed by atoms with Gasteiger partial charge in [0.2, 0.25) is 0 Å². The molecule has 8 heteroatoms. The van der Waals surface area contributed by atoms with E-state index < -0.39 is 10.1 Å². The third-order valence-corrected chi connectivity index (χ3v) is 8.00. The molecule has 0 aliphatic carbocycles. The maximum Gasteiger partial charge on any atom is 0.309 e. The van der Waals surface area contributed by atoms with E-state index in [0.29, 0.717) is 18.7 Å². The van der Waals surface area contributed by atoms with Crippen LogP contribution in [0.15, 0.2) is 60.7 Å². The Morgan fingerprint density at radius 3 is 2.43 bits per heavy atom. The lowest BCUT2D eigenvalue weighted by Gasteiger charge is -2.33. The zero-order valence-corrected chi connectivity index (χ0v) is 22.6. The van der Waals surface area contributed by atoms with Crippen molar-refractivity contribution < 1.29 is 22.1 Å². The molecule has 5 rings (SSSR count). The molecule has 0 bridgehead atoms. The summed E-state index contributed by atoms with van der Waals surface area (Å²) in [5, 5.41) is 3.65. The summed E-state index contributed by atoms with van der Waals surface area (Å²) in [7, 11) is -0.381. The van der Waals surface area contributed by atoms with Crippen molar-refractivity contribution in [3.63, 3.8) is 0 Å². The predicted octanol–water partition coefficient (Wildman–Crippen LogP) is 6.05. The number of rotatable bonds is 8. The molecule has 0 fully saturated rings. The van der Waals surface area contributed by atoms with Crippen LogP contribution in [0.4, 0.5) is 11.4 Å². The second kappa shape index (κ2) is 9.34. The van der Waals surface area contributed by atoms with Gasteiger partial charge in [-0.15, -0.1) is 0 Å². The zero-order chi connectivity index (χ0) is 26.4. The van der Waals surface area contributed by atoms with E-state index in [1.165, 1.54) is 0 Å². The molecule has 0 saturated heterocycles. The quantitative estimate of drug-likeness (QED) is 0.362. The van der Waals surface area contributed by atoms with Gasteiger partial charge < -0.3 is 23.9 Å². The summed E-state index contributed by atoms with van der Waals surface area (Å²) in [4.78, 5) is 2.29. The molecule has 0 saturated carbocycles. The van der Waals surface area contributed by atoms with Gasteiger partial charge in [0.15, 0.2) is 0 Å². The molecule has 0 amide bonds. The largest absolute Gasteiger partial charge is 0.496 e. The molecule has 0 unspecified atom stereocenters. The topological polar surface area (TPSA) is 77.1 Å². The normalized spacial score (nSPS) is 15.5. The van der Waals surface area contributed by atoms with Crippen LogP contribution in [0.5, 0.6) is 17.2 Å². The van der Waals surface area contributed by atoms with E-state index in [-0.39, 0.29) is 17.0 Å². The molecule has 0 radical (unpaired) electrons. The van der Waals surface area contributed by atoms with E-state index in [1.807, 2.05) is 24.3 Å². The fourth-order valence-electron chi connectivity index (χ4n) is 5.17. The maximum atomic E-state index is 12.2. The van der Waals surface area contributed by atoms with E-state index >= 15 is 0 Å². The summed E-state index contributed by atoms with van der Waals surface area (Å²) in [5.41, 5.74) is 7.16. The van der Waals surface area contributed by atoms with Gasteiger partial charge in [0, 0.05) is 35.1 Å². The highest BCUT2D eigenvalue weighted by atomic mass is 32.2. The van der Waals surface area contributed by atoms with Gasteiger partial charge in [0.05, 0.1) is 31.2 Å². The Morgan fingerprint density at radius 1 is 0.973 bits per heavy atom. The van der Waals surface area contributed by atoms with Crippen molar-refractivity contribution in [2.75, 3.05) is 30.2 Å².